The van der Waals surface area contributed by atoms with Gasteiger partial charge in [0.1, 0.15) is 0 Å². The highest BCUT2D eigenvalue weighted by molar-refractivity contribution is 5.80. The molecule has 2 saturated carbocycles. The normalized spacial score (nSPS) is 34.1. The first-order valence-corrected chi connectivity index (χ1v) is 7.62. The van der Waals surface area contributed by atoms with Gasteiger partial charge in [0.05, 0.1) is 0 Å². The molecule has 1 atom stereocenters. The number of hydrogen-bond acceptors (Lipinski definition) is 2. The second-order valence-corrected chi connectivity index (χ2v) is 6.75. The van der Waals surface area contributed by atoms with Crippen LogP contribution in [0.3, 0.4) is 0 Å². The van der Waals surface area contributed by atoms with E-state index in [0.29, 0.717) is 5.91 Å². The molecule has 1 unspecified atom stereocenters. The Morgan fingerprint density at radius 1 is 1.05 bits per heavy atom. The number of carboxylic acids is 1. The van der Waals surface area contributed by atoms with Gasteiger partial charge in [-0.2, -0.15) is 0 Å². The molecule has 0 aromatic rings. The summed E-state index contributed by atoms with van der Waals surface area (Å²) < 4.78 is 0. The molecule has 2 aliphatic carbocycles. The molecule has 4 nitrogen and oxygen atoms in total. The summed E-state index contributed by atoms with van der Waals surface area (Å²) in [5.74, 6) is 1.58. The number of likely N-dealkylation sites (tertiary alicyclic amines) is 1. The van der Waals surface area contributed by atoms with Crippen LogP contribution in [-0.4, -0.2) is 35.0 Å². The molecule has 1 amide bonds. The standard InChI is InChI=1S/C15H23NO3/c17-14(18)8-12-6-13(7-12)15(19)16-4-3-11(9-16)5-10-1-2-10/h10-13H,1-9H2,(H,17,18). The van der Waals surface area contributed by atoms with Crippen molar-refractivity contribution in [2.24, 2.45) is 23.7 Å². The molecule has 0 radical (unpaired) electrons. The third-order valence-corrected chi connectivity index (χ3v) is 5.01. The second kappa shape index (κ2) is 5.14. The van der Waals surface area contributed by atoms with E-state index in [1.54, 1.807) is 0 Å². The molecule has 4 heteroatoms. The molecular weight excluding hydrogens is 242 g/mol. The maximum atomic E-state index is 12.3. The molecule has 19 heavy (non-hydrogen) atoms. The molecule has 1 N–H and O–H groups in total. The van der Waals surface area contributed by atoms with Crippen LogP contribution in [0.15, 0.2) is 0 Å². The summed E-state index contributed by atoms with van der Waals surface area (Å²) in [5, 5.41) is 8.71. The quantitative estimate of drug-likeness (QED) is 0.828. The molecule has 3 fully saturated rings. The summed E-state index contributed by atoms with van der Waals surface area (Å²) in [4.78, 5) is 24.9. The molecule has 0 aromatic carbocycles. The maximum absolute atomic E-state index is 12.3. The van der Waals surface area contributed by atoms with Gasteiger partial charge >= 0.3 is 5.97 Å². The van der Waals surface area contributed by atoms with Gasteiger partial charge in [0.15, 0.2) is 0 Å². The molecular formula is C15H23NO3. The lowest BCUT2D eigenvalue weighted by Crippen LogP contribution is -2.41. The molecule has 0 aromatic heterocycles. The van der Waals surface area contributed by atoms with Gasteiger partial charge in [-0.05, 0) is 43.4 Å². The van der Waals surface area contributed by atoms with Crippen molar-refractivity contribution in [1.29, 1.82) is 0 Å². The lowest BCUT2D eigenvalue weighted by molar-refractivity contribution is -0.144. The molecule has 1 heterocycles. The van der Waals surface area contributed by atoms with E-state index in [9.17, 15) is 9.59 Å². The SMILES string of the molecule is O=C(O)CC1CC(C(=O)N2CCC(CC3CC3)C2)C1. The fourth-order valence-corrected chi connectivity index (χ4v) is 3.66. The van der Waals surface area contributed by atoms with Gasteiger partial charge in [-0.1, -0.05) is 12.8 Å². The van der Waals surface area contributed by atoms with Crippen LogP contribution in [0.1, 0.15) is 44.9 Å². The minimum absolute atomic E-state index is 0.115. The zero-order valence-electron chi connectivity index (χ0n) is 11.4. The van der Waals surface area contributed by atoms with Gasteiger partial charge in [-0.3, -0.25) is 9.59 Å². The highest BCUT2D eigenvalue weighted by Gasteiger charge is 2.40. The van der Waals surface area contributed by atoms with E-state index in [0.717, 1.165) is 37.8 Å². The number of carboxylic acid groups (broad SMARTS) is 1. The monoisotopic (exact) mass is 265 g/mol. The van der Waals surface area contributed by atoms with Crippen molar-refractivity contribution < 1.29 is 14.7 Å². The molecule has 1 aliphatic heterocycles. The summed E-state index contributed by atoms with van der Waals surface area (Å²) >= 11 is 0. The predicted octanol–water partition coefficient (Wildman–Crippen LogP) is 2.14. The number of nitrogens with zero attached hydrogens (tertiary/aromatic N) is 1. The van der Waals surface area contributed by atoms with Crippen LogP contribution in [0.25, 0.3) is 0 Å². The lowest BCUT2D eigenvalue weighted by Gasteiger charge is -2.35. The van der Waals surface area contributed by atoms with Crippen molar-refractivity contribution in [3.63, 3.8) is 0 Å². The van der Waals surface area contributed by atoms with Crippen molar-refractivity contribution in [3.8, 4) is 0 Å². The van der Waals surface area contributed by atoms with Crippen LogP contribution >= 0.6 is 0 Å². The third-order valence-electron chi connectivity index (χ3n) is 5.01. The minimum atomic E-state index is -0.735. The smallest absolute Gasteiger partial charge is 0.303 e. The van der Waals surface area contributed by atoms with Crippen LogP contribution in [-0.2, 0) is 9.59 Å². The van der Waals surface area contributed by atoms with Crippen molar-refractivity contribution in [2.45, 2.75) is 44.9 Å². The van der Waals surface area contributed by atoms with Crippen molar-refractivity contribution in [1.82, 2.24) is 4.90 Å². The minimum Gasteiger partial charge on any atom is -0.481 e. The van der Waals surface area contributed by atoms with E-state index >= 15 is 0 Å². The highest BCUT2D eigenvalue weighted by Crippen LogP contribution is 2.40. The average Bonchev–Trinajstić information content (AvgIpc) is 2.98. The Labute approximate surface area is 114 Å². The molecule has 106 valence electrons. The van der Waals surface area contributed by atoms with Gasteiger partial charge in [0.2, 0.25) is 5.91 Å². The van der Waals surface area contributed by atoms with E-state index in [1.165, 1.54) is 25.7 Å². The van der Waals surface area contributed by atoms with E-state index in [-0.39, 0.29) is 18.3 Å². The summed E-state index contributed by atoms with van der Waals surface area (Å²) in [6, 6.07) is 0. The first kappa shape index (κ1) is 12.9. The Bertz CT molecular complexity index is 372. The Morgan fingerprint density at radius 3 is 2.42 bits per heavy atom. The van der Waals surface area contributed by atoms with Gasteiger partial charge in [0, 0.05) is 25.4 Å². The van der Waals surface area contributed by atoms with Crippen LogP contribution in [0.5, 0.6) is 0 Å². The zero-order chi connectivity index (χ0) is 13.4. The number of carbonyl (C=O) groups is 2. The molecule has 3 rings (SSSR count). The van der Waals surface area contributed by atoms with Gasteiger partial charge in [-0.25, -0.2) is 0 Å². The van der Waals surface area contributed by atoms with Crippen molar-refractivity contribution >= 4 is 11.9 Å². The number of aliphatic carboxylic acids is 1. The summed E-state index contributed by atoms with van der Waals surface area (Å²) in [6.07, 6.45) is 7.08. The largest absolute Gasteiger partial charge is 0.481 e. The first-order valence-electron chi connectivity index (χ1n) is 7.62. The van der Waals surface area contributed by atoms with Gasteiger partial charge in [0.25, 0.3) is 0 Å². The van der Waals surface area contributed by atoms with Crippen LogP contribution in [0.4, 0.5) is 0 Å². The van der Waals surface area contributed by atoms with Gasteiger partial charge < -0.3 is 10.0 Å². The van der Waals surface area contributed by atoms with Crippen LogP contribution < -0.4 is 0 Å². The summed E-state index contributed by atoms with van der Waals surface area (Å²) in [6.45, 7) is 1.88. The number of carbonyl (C=O) groups excluding carboxylic acids is 1. The third kappa shape index (κ3) is 3.10. The Kier molecular flexibility index (Phi) is 3.50. The predicted molar refractivity (Wildman–Crippen MR) is 70.5 cm³/mol. The van der Waals surface area contributed by atoms with E-state index < -0.39 is 5.97 Å². The van der Waals surface area contributed by atoms with Crippen LogP contribution in [0, 0.1) is 23.7 Å². The van der Waals surface area contributed by atoms with Crippen molar-refractivity contribution in [2.75, 3.05) is 13.1 Å². The molecule has 0 bridgehead atoms. The number of hydrogen-bond donors (Lipinski definition) is 1. The maximum Gasteiger partial charge on any atom is 0.303 e. The number of amides is 1. The topological polar surface area (TPSA) is 57.6 Å². The summed E-state index contributed by atoms with van der Waals surface area (Å²) in [5.41, 5.74) is 0. The number of rotatable bonds is 5. The fraction of sp³-hybridized carbons (Fsp3) is 0.867. The van der Waals surface area contributed by atoms with E-state index in [2.05, 4.69) is 0 Å². The second-order valence-electron chi connectivity index (χ2n) is 6.75. The summed E-state index contributed by atoms with van der Waals surface area (Å²) in [7, 11) is 0. The Balaban J connectivity index is 1.40. The Morgan fingerprint density at radius 2 is 1.79 bits per heavy atom. The average molecular weight is 265 g/mol. The Hall–Kier alpha value is -1.06. The van der Waals surface area contributed by atoms with Gasteiger partial charge in [-0.15, -0.1) is 0 Å². The molecule has 0 spiro atoms. The molecule has 1 saturated heterocycles. The van der Waals surface area contributed by atoms with Crippen LogP contribution in [0.2, 0.25) is 0 Å². The fourth-order valence-electron chi connectivity index (χ4n) is 3.66. The first-order chi connectivity index (χ1) is 9.11. The van der Waals surface area contributed by atoms with Crippen molar-refractivity contribution in [3.05, 3.63) is 0 Å². The lowest BCUT2D eigenvalue weighted by atomic mass is 9.72. The zero-order valence-corrected chi connectivity index (χ0v) is 11.4. The van der Waals surface area contributed by atoms with E-state index in [1.807, 2.05) is 4.90 Å². The highest BCUT2D eigenvalue weighted by atomic mass is 16.4. The van der Waals surface area contributed by atoms with E-state index in [4.69, 9.17) is 5.11 Å². The molecule has 3 aliphatic rings.